The number of nitrogens with two attached hydrogens (primary N) is 1. The van der Waals surface area contributed by atoms with Crippen LogP contribution >= 0.6 is 0 Å². The van der Waals surface area contributed by atoms with Crippen molar-refractivity contribution < 1.29 is 9.18 Å². The average Bonchev–Trinajstić information content (AvgIpc) is 2.25. The topological polar surface area (TPSA) is 55.1 Å². The van der Waals surface area contributed by atoms with Crippen molar-refractivity contribution in [3.8, 4) is 0 Å². The van der Waals surface area contributed by atoms with Gasteiger partial charge in [-0.15, -0.1) is 0 Å². The lowest BCUT2D eigenvalue weighted by Gasteiger charge is -2.25. The van der Waals surface area contributed by atoms with Gasteiger partial charge in [0.2, 0.25) is 5.91 Å². The van der Waals surface area contributed by atoms with Gasteiger partial charge in [0.05, 0.1) is 0 Å². The molecule has 19 heavy (non-hydrogen) atoms. The lowest BCUT2D eigenvalue weighted by molar-refractivity contribution is -0.116. The third-order valence-corrected chi connectivity index (χ3v) is 3.35. The highest BCUT2D eigenvalue weighted by molar-refractivity contribution is 5.93. The van der Waals surface area contributed by atoms with Gasteiger partial charge >= 0.3 is 0 Å². The molecule has 104 valence electrons. The number of carbonyl (C=O) groups excluding carboxylic acids is 1. The van der Waals surface area contributed by atoms with Gasteiger partial charge in [0, 0.05) is 23.7 Å². The van der Waals surface area contributed by atoms with E-state index < -0.39 is 0 Å². The minimum Gasteiger partial charge on any atom is -0.326 e. The number of hydrogen-bond acceptors (Lipinski definition) is 2. The highest BCUT2D eigenvalue weighted by Crippen LogP contribution is 2.33. The Labute approximate surface area is 113 Å². The maximum absolute atomic E-state index is 14.1. The number of nitrogens with one attached hydrogen (secondary N) is 1. The molecule has 0 fully saturated rings. The van der Waals surface area contributed by atoms with E-state index in [1.54, 1.807) is 6.07 Å². The van der Waals surface area contributed by atoms with Crippen LogP contribution in [0.15, 0.2) is 12.1 Å². The van der Waals surface area contributed by atoms with Crippen LogP contribution in [0.2, 0.25) is 0 Å². The summed E-state index contributed by atoms with van der Waals surface area (Å²) >= 11 is 0. The summed E-state index contributed by atoms with van der Waals surface area (Å²) in [5, 5.41) is 2.70. The van der Waals surface area contributed by atoms with E-state index in [1.165, 1.54) is 6.07 Å². The molecule has 1 atom stereocenters. The third kappa shape index (κ3) is 3.32. The Morgan fingerprint density at radius 1 is 1.37 bits per heavy atom. The van der Waals surface area contributed by atoms with Crippen molar-refractivity contribution in [2.24, 2.45) is 11.1 Å². The van der Waals surface area contributed by atoms with Gasteiger partial charge in [0.25, 0.3) is 0 Å². The molecule has 3 nitrogen and oxygen atoms in total. The van der Waals surface area contributed by atoms with Crippen LogP contribution in [0, 0.1) is 11.2 Å². The Morgan fingerprint density at radius 2 is 2.05 bits per heavy atom. The Kier molecular flexibility index (Phi) is 3.63. The molecule has 0 aliphatic carbocycles. The van der Waals surface area contributed by atoms with Crippen molar-refractivity contribution >= 4 is 11.6 Å². The number of rotatable bonds is 2. The number of carbonyl (C=O) groups is 1. The zero-order valence-electron chi connectivity index (χ0n) is 11.7. The van der Waals surface area contributed by atoms with Crippen LogP contribution in [0.4, 0.5) is 10.1 Å². The maximum atomic E-state index is 14.1. The summed E-state index contributed by atoms with van der Waals surface area (Å²) in [5.74, 6) is -0.392. The number of halogens is 1. The van der Waals surface area contributed by atoms with Crippen LogP contribution in [-0.4, -0.2) is 5.91 Å². The van der Waals surface area contributed by atoms with E-state index >= 15 is 0 Å². The number of anilines is 1. The average molecular weight is 264 g/mol. The summed E-state index contributed by atoms with van der Waals surface area (Å²) in [6, 6.07) is 2.88. The second-order valence-corrected chi connectivity index (χ2v) is 6.45. The Bertz CT molecular complexity index is 506. The van der Waals surface area contributed by atoms with Crippen molar-refractivity contribution in [3.05, 3.63) is 29.1 Å². The van der Waals surface area contributed by atoms with E-state index in [9.17, 15) is 9.18 Å². The first-order valence-electron chi connectivity index (χ1n) is 6.64. The van der Waals surface area contributed by atoms with Crippen LogP contribution in [0.3, 0.4) is 0 Å². The summed E-state index contributed by atoms with van der Waals surface area (Å²) in [5.41, 5.74) is 8.27. The zero-order valence-corrected chi connectivity index (χ0v) is 11.7. The molecule has 1 aromatic carbocycles. The van der Waals surface area contributed by atoms with E-state index in [1.807, 2.05) is 0 Å². The molecule has 0 saturated heterocycles. The van der Waals surface area contributed by atoms with Crippen LogP contribution in [0.1, 0.15) is 50.8 Å². The second kappa shape index (κ2) is 4.93. The van der Waals surface area contributed by atoms with Crippen molar-refractivity contribution in [1.29, 1.82) is 0 Å². The van der Waals surface area contributed by atoms with Crippen LogP contribution in [0.25, 0.3) is 0 Å². The van der Waals surface area contributed by atoms with E-state index in [-0.39, 0.29) is 23.2 Å². The van der Waals surface area contributed by atoms with Gasteiger partial charge < -0.3 is 11.1 Å². The van der Waals surface area contributed by atoms with Crippen LogP contribution < -0.4 is 11.1 Å². The Balaban J connectivity index is 2.30. The normalized spacial score (nSPS) is 16.8. The van der Waals surface area contributed by atoms with Crippen LogP contribution in [0.5, 0.6) is 0 Å². The molecule has 0 spiro atoms. The first-order chi connectivity index (χ1) is 8.76. The third-order valence-electron chi connectivity index (χ3n) is 3.35. The largest absolute Gasteiger partial charge is 0.326 e. The summed E-state index contributed by atoms with van der Waals surface area (Å²) in [6.45, 7) is 6.26. The molecule has 0 aromatic heterocycles. The zero-order chi connectivity index (χ0) is 14.2. The van der Waals surface area contributed by atoms with Crippen molar-refractivity contribution in [3.63, 3.8) is 0 Å². The molecule has 3 N–H and O–H groups in total. The summed E-state index contributed by atoms with van der Waals surface area (Å²) in [7, 11) is 0. The van der Waals surface area contributed by atoms with Gasteiger partial charge in [-0.1, -0.05) is 20.8 Å². The van der Waals surface area contributed by atoms with Crippen molar-refractivity contribution in [2.75, 3.05) is 5.32 Å². The Hall–Kier alpha value is -1.42. The quantitative estimate of drug-likeness (QED) is 0.862. The predicted molar refractivity (Wildman–Crippen MR) is 74.4 cm³/mol. The number of fused-ring (bicyclic) bond motifs is 1. The summed E-state index contributed by atoms with van der Waals surface area (Å²) < 4.78 is 14.1. The molecule has 2 rings (SSSR count). The smallest absolute Gasteiger partial charge is 0.224 e. The molecule has 1 aromatic rings. The molecule has 4 heteroatoms. The minimum atomic E-state index is -0.335. The van der Waals surface area contributed by atoms with Gasteiger partial charge in [0.15, 0.2) is 0 Å². The first-order valence-corrected chi connectivity index (χ1v) is 6.64. The number of hydrogen-bond donors (Lipinski definition) is 2. The van der Waals surface area contributed by atoms with Gasteiger partial charge in [-0.05, 0) is 36.0 Å². The van der Waals surface area contributed by atoms with Gasteiger partial charge in [-0.2, -0.15) is 0 Å². The standard InChI is InChI=1S/C15H21FN2O/c1-15(2,3)8-12(17)10-6-9-4-5-14(19)18-13(9)7-11(10)16/h6-7,12H,4-5,8,17H2,1-3H3,(H,18,19). The fraction of sp³-hybridized carbons (Fsp3) is 0.533. The number of aryl methyl sites for hydroxylation is 1. The second-order valence-electron chi connectivity index (χ2n) is 6.45. The lowest BCUT2D eigenvalue weighted by Crippen LogP contribution is -2.23. The molecule has 0 radical (unpaired) electrons. The first kappa shape index (κ1) is 14.0. The molecular formula is C15H21FN2O. The van der Waals surface area contributed by atoms with Gasteiger partial charge in [-0.25, -0.2) is 4.39 Å². The fourth-order valence-electron chi connectivity index (χ4n) is 2.48. The Morgan fingerprint density at radius 3 is 2.68 bits per heavy atom. The number of benzene rings is 1. The van der Waals surface area contributed by atoms with E-state index in [0.717, 1.165) is 12.0 Å². The molecule has 0 bridgehead atoms. The SMILES string of the molecule is CC(C)(C)CC(N)c1cc2c(cc1F)NC(=O)CC2. The highest BCUT2D eigenvalue weighted by atomic mass is 19.1. The molecular weight excluding hydrogens is 243 g/mol. The molecule has 1 unspecified atom stereocenters. The van der Waals surface area contributed by atoms with E-state index in [4.69, 9.17) is 5.73 Å². The van der Waals surface area contributed by atoms with Gasteiger partial charge in [-0.3, -0.25) is 4.79 Å². The molecule has 1 amide bonds. The summed E-state index contributed by atoms with van der Waals surface area (Å²) in [6.07, 6.45) is 1.82. The van der Waals surface area contributed by atoms with Crippen LogP contribution in [-0.2, 0) is 11.2 Å². The maximum Gasteiger partial charge on any atom is 0.224 e. The van der Waals surface area contributed by atoms with Crippen molar-refractivity contribution in [2.45, 2.75) is 46.1 Å². The number of amides is 1. The molecule has 1 aliphatic heterocycles. The lowest BCUT2D eigenvalue weighted by atomic mass is 9.85. The molecule has 1 aliphatic rings. The molecule has 1 heterocycles. The minimum absolute atomic E-state index is 0.0516. The van der Waals surface area contributed by atoms with E-state index in [2.05, 4.69) is 26.1 Å². The van der Waals surface area contributed by atoms with Crippen molar-refractivity contribution in [1.82, 2.24) is 0 Å². The summed E-state index contributed by atoms with van der Waals surface area (Å²) in [4.78, 5) is 11.3. The highest BCUT2D eigenvalue weighted by Gasteiger charge is 2.23. The van der Waals surface area contributed by atoms with Gasteiger partial charge in [0.1, 0.15) is 5.82 Å². The predicted octanol–water partition coefficient (Wildman–Crippen LogP) is 3.15. The van der Waals surface area contributed by atoms with E-state index in [0.29, 0.717) is 24.1 Å². The monoisotopic (exact) mass is 264 g/mol. The fourth-order valence-corrected chi connectivity index (χ4v) is 2.48. The molecule has 0 saturated carbocycles.